The van der Waals surface area contributed by atoms with Crippen LogP contribution in [-0.2, 0) is 9.47 Å². The molecule has 1 fully saturated rings. The quantitative estimate of drug-likeness (QED) is 0.694. The second-order valence-corrected chi connectivity index (χ2v) is 5.70. The standard InChI is InChI=1S/C13H26N2O4/c1-13(2,3)19-12(17)15-6-4-11(10-15)14-5-8-18-9-7-16/h11,14,16H,4-10H2,1-3H3. The van der Waals surface area contributed by atoms with Crippen LogP contribution in [0.1, 0.15) is 27.2 Å². The Balaban J connectivity index is 2.17. The Morgan fingerprint density at radius 2 is 2.16 bits per heavy atom. The highest BCUT2D eigenvalue weighted by Crippen LogP contribution is 2.15. The van der Waals surface area contributed by atoms with Crippen molar-refractivity contribution >= 4 is 6.09 Å². The molecule has 1 unspecified atom stereocenters. The van der Waals surface area contributed by atoms with Crippen LogP contribution in [0, 0.1) is 0 Å². The topological polar surface area (TPSA) is 71.0 Å². The molecule has 0 aliphatic carbocycles. The monoisotopic (exact) mass is 274 g/mol. The summed E-state index contributed by atoms with van der Waals surface area (Å²) in [6.45, 7) is 8.74. The van der Waals surface area contributed by atoms with Gasteiger partial charge in [0.2, 0.25) is 0 Å². The molecule has 6 heteroatoms. The smallest absolute Gasteiger partial charge is 0.410 e. The highest BCUT2D eigenvalue weighted by Gasteiger charge is 2.29. The third-order valence-corrected chi connectivity index (χ3v) is 2.75. The number of aliphatic hydroxyl groups excluding tert-OH is 1. The predicted octanol–water partition coefficient (Wildman–Crippen LogP) is 0.594. The van der Waals surface area contributed by atoms with Gasteiger partial charge in [-0.15, -0.1) is 0 Å². The van der Waals surface area contributed by atoms with Crippen molar-refractivity contribution in [2.24, 2.45) is 0 Å². The number of aliphatic hydroxyl groups is 1. The molecular weight excluding hydrogens is 248 g/mol. The minimum absolute atomic E-state index is 0.0514. The van der Waals surface area contributed by atoms with E-state index in [9.17, 15) is 4.79 Å². The molecule has 1 atom stereocenters. The second kappa shape index (κ2) is 7.67. The maximum atomic E-state index is 11.8. The molecule has 0 bridgehead atoms. The van der Waals surface area contributed by atoms with E-state index in [1.165, 1.54) is 0 Å². The summed E-state index contributed by atoms with van der Waals surface area (Å²) < 4.78 is 10.5. The average molecular weight is 274 g/mol. The summed E-state index contributed by atoms with van der Waals surface area (Å²) in [5.41, 5.74) is -0.444. The minimum Gasteiger partial charge on any atom is -0.444 e. The van der Waals surface area contributed by atoms with E-state index in [0.29, 0.717) is 25.8 Å². The normalized spacial score (nSPS) is 19.8. The van der Waals surface area contributed by atoms with Crippen molar-refractivity contribution in [2.75, 3.05) is 39.5 Å². The zero-order valence-electron chi connectivity index (χ0n) is 12.1. The predicted molar refractivity (Wildman–Crippen MR) is 72.1 cm³/mol. The Bertz CT molecular complexity index is 278. The van der Waals surface area contributed by atoms with Crippen molar-refractivity contribution in [1.29, 1.82) is 0 Å². The molecule has 1 saturated heterocycles. The van der Waals surface area contributed by atoms with E-state index in [0.717, 1.165) is 19.5 Å². The van der Waals surface area contributed by atoms with Gasteiger partial charge in [0.1, 0.15) is 5.60 Å². The number of hydrogen-bond acceptors (Lipinski definition) is 5. The van der Waals surface area contributed by atoms with E-state index in [-0.39, 0.29) is 12.7 Å². The number of ether oxygens (including phenoxy) is 2. The average Bonchev–Trinajstić information content (AvgIpc) is 2.75. The van der Waals surface area contributed by atoms with Gasteiger partial charge in [-0.3, -0.25) is 0 Å². The molecule has 19 heavy (non-hydrogen) atoms. The van der Waals surface area contributed by atoms with Crippen LogP contribution in [0.4, 0.5) is 4.79 Å². The van der Waals surface area contributed by atoms with Gasteiger partial charge in [-0.25, -0.2) is 4.79 Å². The Morgan fingerprint density at radius 3 is 2.79 bits per heavy atom. The molecule has 2 N–H and O–H groups in total. The Morgan fingerprint density at radius 1 is 1.42 bits per heavy atom. The molecule has 0 saturated carbocycles. The summed E-state index contributed by atoms with van der Waals surface area (Å²) in [7, 11) is 0. The summed E-state index contributed by atoms with van der Waals surface area (Å²) in [5, 5.41) is 11.9. The number of carbonyl (C=O) groups excluding carboxylic acids is 1. The third-order valence-electron chi connectivity index (χ3n) is 2.75. The summed E-state index contributed by atoms with van der Waals surface area (Å²) in [4.78, 5) is 13.6. The maximum absolute atomic E-state index is 11.8. The van der Waals surface area contributed by atoms with Crippen molar-refractivity contribution in [3.8, 4) is 0 Å². The van der Waals surface area contributed by atoms with Crippen molar-refractivity contribution in [3.63, 3.8) is 0 Å². The second-order valence-electron chi connectivity index (χ2n) is 5.70. The first-order valence-corrected chi connectivity index (χ1v) is 6.82. The van der Waals surface area contributed by atoms with Crippen LogP contribution in [0.5, 0.6) is 0 Å². The highest BCUT2D eigenvalue weighted by molar-refractivity contribution is 5.68. The first-order chi connectivity index (χ1) is 8.92. The number of nitrogens with zero attached hydrogens (tertiary/aromatic N) is 1. The molecule has 1 heterocycles. The van der Waals surface area contributed by atoms with Crippen molar-refractivity contribution in [3.05, 3.63) is 0 Å². The Hall–Kier alpha value is -0.850. The third kappa shape index (κ3) is 6.75. The Kier molecular flexibility index (Phi) is 6.54. The van der Waals surface area contributed by atoms with E-state index in [1.54, 1.807) is 4.90 Å². The van der Waals surface area contributed by atoms with Crippen molar-refractivity contribution in [1.82, 2.24) is 10.2 Å². The van der Waals surface area contributed by atoms with Gasteiger partial charge in [-0.2, -0.15) is 0 Å². The lowest BCUT2D eigenvalue weighted by atomic mass is 10.2. The number of amides is 1. The number of rotatable bonds is 6. The number of nitrogens with one attached hydrogen (secondary N) is 1. The lowest BCUT2D eigenvalue weighted by Crippen LogP contribution is -2.39. The van der Waals surface area contributed by atoms with E-state index in [2.05, 4.69) is 5.32 Å². The number of likely N-dealkylation sites (tertiary alicyclic amines) is 1. The van der Waals surface area contributed by atoms with Crippen LogP contribution < -0.4 is 5.32 Å². The summed E-state index contributed by atoms with van der Waals surface area (Å²) >= 11 is 0. The molecule has 0 spiro atoms. The van der Waals surface area contributed by atoms with Crippen LogP contribution >= 0.6 is 0 Å². The molecule has 112 valence electrons. The molecule has 1 aliphatic rings. The molecule has 0 aromatic carbocycles. The molecule has 1 rings (SSSR count). The lowest BCUT2D eigenvalue weighted by Gasteiger charge is -2.24. The van der Waals surface area contributed by atoms with Crippen LogP contribution in [0.2, 0.25) is 0 Å². The van der Waals surface area contributed by atoms with Crippen LogP contribution in [0.25, 0.3) is 0 Å². The molecular formula is C13H26N2O4. The van der Waals surface area contributed by atoms with Gasteiger partial charge in [-0.05, 0) is 27.2 Å². The zero-order valence-corrected chi connectivity index (χ0v) is 12.1. The van der Waals surface area contributed by atoms with Gasteiger partial charge < -0.3 is 24.8 Å². The van der Waals surface area contributed by atoms with Crippen molar-refractivity contribution < 1.29 is 19.4 Å². The van der Waals surface area contributed by atoms with E-state index < -0.39 is 5.60 Å². The summed E-state index contributed by atoms with van der Waals surface area (Å²) in [6, 6.07) is 0.297. The van der Waals surface area contributed by atoms with Gasteiger partial charge in [0.05, 0.1) is 19.8 Å². The highest BCUT2D eigenvalue weighted by atomic mass is 16.6. The SMILES string of the molecule is CC(C)(C)OC(=O)N1CCC(NCCOCCO)C1. The fourth-order valence-corrected chi connectivity index (χ4v) is 1.92. The number of carbonyl (C=O) groups is 1. The molecule has 6 nitrogen and oxygen atoms in total. The molecule has 1 amide bonds. The van der Waals surface area contributed by atoms with Gasteiger partial charge in [0.15, 0.2) is 0 Å². The molecule has 0 aromatic heterocycles. The lowest BCUT2D eigenvalue weighted by molar-refractivity contribution is 0.0290. The van der Waals surface area contributed by atoms with Crippen molar-refractivity contribution in [2.45, 2.75) is 38.8 Å². The summed E-state index contributed by atoms with van der Waals surface area (Å²) in [5.74, 6) is 0. The first-order valence-electron chi connectivity index (χ1n) is 6.82. The molecule has 1 aliphatic heterocycles. The van der Waals surface area contributed by atoms with E-state index in [4.69, 9.17) is 14.6 Å². The fraction of sp³-hybridized carbons (Fsp3) is 0.923. The number of hydrogen-bond donors (Lipinski definition) is 2. The van der Waals surface area contributed by atoms with Crippen LogP contribution in [0.3, 0.4) is 0 Å². The zero-order chi connectivity index (χ0) is 14.3. The molecule has 0 radical (unpaired) electrons. The summed E-state index contributed by atoms with van der Waals surface area (Å²) in [6.07, 6.45) is 0.688. The fourth-order valence-electron chi connectivity index (χ4n) is 1.92. The van der Waals surface area contributed by atoms with Gasteiger partial charge in [0.25, 0.3) is 0 Å². The largest absolute Gasteiger partial charge is 0.444 e. The van der Waals surface area contributed by atoms with Gasteiger partial charge >= 0.3 is 6.09 Å². The van der Waals surface area contributed by atoms with E-state index >= 15 is 0 Å². The van der Waals surface area contributed by atoms with Gasteiger partial charge in [0, 0.05) is 25.7 Å². The van der Waals surface area contributed by atoms with E-state index in [1.807, 2.05) is 20.8 Å². The Labute approximate surface area is 115 Å². The minimum atomic E-state index is -0.444. The van der Waals surface area contributed by atoms with Crippen LogP contribution in [0.15, 0.2) is 0 Å². The first kappa shape index (κ1) is 16.2. The maximum Gasteiger partial charge on any atom is 0.410 e. The van der Waals surface area contributed by atoms with Crippen LogP contribution in [-0.4, -0.2) is 67.2 Å². The molecule has 0 aromatic rings. The van der Waals surface area contributed by atoms with Gasteiger partial charge in [-0.1, -0.05) is 0 Å².